The summed E-state index contributed by atoms with van der Waals surface area (Å²) >= 11 is 0. The normalized spacial score (nSPS) is 38.1. The van der Waals surface area contributed by atoms with Gasteiger partial charge >= 0.3 is 0 Å². The summed E-state index contributed by atoms with van der Waals surface area (Å²) in [6.45, 7) is 1.94. The summed E-state index contributed by atoms with van der Waals surface area (Å²) in [5.41, 5.74) is 4.03. The lowest BCUT2D eigenvalue weighted by molar-refractivity contribution is -0.143. The van der Waals surface area contributed by atoms with E-state index in [1.807, 2.05) is 19.1 Å². The SMILES string of the molecule is Cc1ccc(C(=O)NN2C(=O)[C@H]3[C@@H]4C=C[C@H]([C@H]5C[C@H]45)[C@@H]3C2=O)cc1. The third-order valence-corrected chi connectivity index (χ3v) is 6.19. The quantitative estimate of drug-likeness (QED) is 0.666. The molecule has 0 spiro atoms. The third-order valence-electron chi connectivity index (χ3n) is 6.19. The van der Waals surface area contributed by atoms with Crippen LogP contribution in [0.4, 0.5) is 0 Å². The molecule has 1 aromatic rings. The average Bonchev–Trinajstić information content (AvgIpc) is 3.36. The Morgan fingerprint density at radius 3 is 2.08 bits per heavy atom. The Labute approximate surface area is 139 Å². The summed E-state index contributed by atoms with van der Waals surface area (Å²) in [5.74, 6) is -0.00257. The Kier molecular flexibility index (Phi) is 2.65. The molecule has 1 aliphatic heterocycles. The van der Waals surface area contributed by atoms with Crippen LogP contribution in [0.3, 0.4) is 0 Å². The first kappa shape index (κ1) is 14.0. The number of hydrazine groups is 1. The van der Waals surface area contributed by atoms with Crippen LogP contribution in [0, 0.1) is 42.4 Å². The number of amides is 3. The minimum Gasteiger partial charge on any atom is -0.272 e. The molecule has 3 fully saturated rings. The number of carbonyl (C=O) groups is 3. The van der Waals surface area contributed by atoms with Gasteiger partial charge in [-0.15, -0.1) is 0 Å². The second-order valence-electron chi connectivity index (χ2n) is 7.47. The number of carbonyl (C=O) groups excluding carboxylic acids is 3. The summed E-state index contributed by atoms with van der Waals surface area (Å²) < 4.78 is 0. The Balaban J connectivity index is 1.40. The van der Waals surface area contributed by atoms with Crippen LogP contribution < -0.4 is 5.43 Å². The van der Waals surface area contributed by atoms with E-state index < -0.39 is 5.91 Å². The third kappa shape index (κ3) is 1.72. The molecule has 5 aliphatic rings. The summed E-state index contributed by atoms with van der Waals surface area (Å²) in [4.78, 5) is 38.0. The van der Waals surface area contributed by atoms with Crippen LogP contribution in [0.25, 0.3) is 0 Å². The molecule has 5 nitrogen and oxygen atoms in total. The smallest absolute Gasteiger partial charge is 0.270 e. The number of nitrogens with zero attached hydrogens (tertiary/aromatic N) is 1. The van der Waals surface area contributed by atoms with Gasteiger partial charge in [-0.1, -0.05) is 29.8 Å². The van der Waals surface area contributed by atoms with Crippen LogP contribution in [0.1, 0.15) is 22.3 Å². The minimum absolute atomic E-state index is 0.169. The van der Waals surface area contributed by atoms with Crippen molar-refractivity contribution < 1.29 is 14.4 Å². The lowest BCUT2D eigenvalue weighted by Gasteiger charge is -2.37. The molecule has 3 amide bonds. The molecule has 6 atom stereocenters. The van der Waals surface area contributed by atoms with E-state index in [1.54, 1.807) is 12.1 Å². The van der Waals surface area contributed by atoms with Crippen LogP contribution in [-0.2, 0) is 9.59 Å². The van der Waals surface area contributed by atoms with Gasteiger partial charge in [0.2, 0.25) is 0 Å². The van der Waals surface area contributed by atoms with Crippen molar-refractivity contribution in [1.82, 2.24) is 10.4 Å². The molecule has 0 radical (unpaired) electrons. The first-order valence-corrected chi connectivity index (χ1v) is 8.50. The highest BCUT2D eigenvalue weighted by atomic mass is 16.2. The fourth-order valence-corrected chi connectivity index (χ4v) is 4.94. The highest BCUT2D eigenvalue weighted by Crippen LogP contribution is 2.65. The molecule has 1 aromatic carbocycles. The van der Waals surface area contributed by atoms with Gasteiger partial charge in [0.25, 0.3) is 17.7 Å². The van der Waals surface area contributed by atoms with E-state index in [1.165, 1.54) is 0 Å². The fourth-order valence-electron chi connectivity index (χ4n) is 4.94. The van der Waals surface area contributed by atoms with Crippen molar-refractivity contribution in [1.29, 1.82) is 0 Å². The molecule has 0 unspecified atom stereocenters. The molecule has 4 aliphatic carbocycles. The molecule has 5 heteroatoms. The Bertz CT molecular complexity index is 761. The monoisotopic (exact) mass is 322 g/mol. The average molecular weight is 322 g/mol. The van der Waals surface area contributed by atoms with Gasteiger partial charge in [-0.3, -0.25) is 19.8 Å². The highest BCUT2D eigenvalue weighted by Gasteiger charge is 2.67. The lowest BCUT2D eigenvalue weighted by atomic mass is 9.63. The van der Waals surface area contributed by atoms with E-state index >= 15 is 0 Å². The van der Waals surface area contributed by atoms with Gasteiger partial charge in [0.15, 0.2) is 0 Å². The van der Waals surface area contributed by atoms with Crippen molar-refractivity contribution in [2.75, 3.05) is 0 Å². The molecule has 6 rings (SSSR count). The van der Waals surface area contributed by atoms with Gasteiger partial charge in [-0.05, 0) is 49.1 Å². The highest BCUT2D eigenvalue weighted by molar-refractivity contribution is 6.08. The molecule has 122 valence electrons. The summed E-state index contributed by atoms with van der Waals surface area (Å²) in [6.07, 6.45) is 5.37. The summed E-state index contributed by atoms with van der Waals surface area (Å²) in [5, 5.41) is 0.981. The molecular weight excluding hydrogens is 304 g/mol. The zero-order valence-electron chi connectivity index (χ0n) is 13.3. The van der Waals surface area contributed by atoms with Crippen molar-refractivity contribution in [2.45, 2.75) is 13.3 Å². The van der Waals surface area contributed by atoms with Crippen molar-refractivity contribution in [3.8, 4) is 0 Å². The van der Waals surface area contributed by atoms with Gasteiger partial charge in [0, 0.05) is 5.56 Å². The van der Waals surface area contributed by atoms with Crippen molar-refractivity contribution in [2.24, 2.45) is 35.5 Å². The van der Waals surface area contributed by atoms with Crippen molar-refractivity contribution in [3.05, 3.63) is 47.5 Å². The van der Waals surface area contributed by atoms with E-state index in [9.17, 15) is 14.4 Å². The maximum atomic E-state index is 12.8. The Morgan fingerprint density at radius 2 is 1.54 bits per heavy atom. The molecular formula is C19H18N2O3. The maximum absolute atomic E-state index is 12.8. The predicted octanol–water partition coefficient (Wildman–Crippen LogP) is 1.69. The molecule has 24 heavy (non-hydrogen) atoms. The maximum Gasteiger partial charge on any atom is 0.270 e. The van der Waals surface area contributed by atoms with Gasteiger partial charge in [-0.25, -0.2) is 0 Å². The number of rotatable bonds is 2. The lowest BCUT2D eigenvalue weighted by Crippen LogP contribution is -2.46. The summed E-state index contributed by atoms with van der Waals surface area (Å²) in [7, 11) is 0. The predicted molar refractivity (Wildman–Crippen MR) is 85.2 cm³/mol. The van der Waals surface area contributed by atoms with Gasteiger partial charge in [0.1, 0.15) is 0 Å². The van der Waals surface area contributed by atoms with Gasteiger partial charge in [-0.2, -0.15) is 5.01 Å². The number of imide groups is 1. The molecule has 2 saturated carbocycles. The number of hydrogen-bond acceptors (Lipinski definition) is 3. The van der Waals surface area contributed by atoms with Crippen molar-refractivity contribution >= 4 is 17.7 Å². The number of aryl methyl sites for hydroxylation is 1. The first-order chi connectivity index (χ1) is 11.6. The molecule has 1 heterocycles. The van der Waals surface area contributed by atoms with E-state index in [0.717, 1.165) is 17.0 Å². The van der Waals surface area contributed by atoms with Crippen LogP contribution in [0.2, 0.25) is 0 Å². The zero-order valence-corrected chi connectivity index (χ0v) is 13.3. The van der Waals surface area contributed by atoms with Crippen LogP contribution in [0.5, 0.6) is 0 Å². The Morgan fingerprint density at radius 1 is 1.00 bits per heavy atom. The van der Waals surface area contributed by atoms with Gasteiger partial charge in [0.05, 0.1) is 11.8 Å². The van der Waals surface area contributed by atoms with Crippen molar-refractivity contribution in [3.63, 3.8) is 0 Å². The number of allylic oxidation sites excluding steroid dienone is 2. The number of hydrogen-bond donors (Lipinski definition) is 1. The van der Waals surface area contributed by atoms with Gasteiger partial charge < -0.3 is 0 Å². The van der Waals surface area contributed by atoms with E-state index in [-0.39, 0.29) is 35.5 Å². The summed E-state index contributed by atoms with van der Waals surface area (Å²) in [6, 6.07) is 7.06. The first-order valence-electron chi connectivity index (χ1n) is 8.50. The number of nitrogens with one attached hydrogen (secondary N) is 1. The number of benzene rings is 1. The van der Waals surface area contributed by atoms with E-state index in [0.29, 0.717) is 17.4 Å². The van der Waals surface area contributed by atoms with E-state index in [2.05, 4.69) is 17.6 Å². The van der Waals surface area contributed by atoms with Crippen LogP contribution >= 0.6 is 0 Å². The van der Waals surface area contributed by atoms with E-state index in [4.69, 9.17) is 0 Å². The molecule has 1 saturated heterocycles. The van der Waals surface area contributed by atoms with Crippen LogP contribution in [-0.4, -0.2) is 22.7 Å². The molecule has 0 aromatic heterocycles. The van der Waals surface area contributed by atoms with Crippen LogP contribution in [0.15, 0.2) is 36.4 Å². The molecule has 1 N–H and O–H groups in total. The second kappa shape index (κ2) is 4.56. The fraction of sp³-hybridized carbons (Fsp3) is 0.421. The zero-order chi connectivity index (χ0) is 16.6. The minimum atomic E-state index is -0.416. The largest absolute Gasteiger partial charge is 0.272 e. The topological polar surface area (TPSA) is 66.5 Å². The Hall–Kier alpha value is -2.43. The standard InChI is InChI=1S/C19H18N2O3/c1-9-2-4-10(5-3-9)17(22)20-21-18(23)15-11-6-7-12(14-8-13(11)14)16(15)19(21)24/h2-7,11-16H,8H2,1H3,(H,20,22)/t11-,12-,13-,14-,15+,16+/m1/s1. The molecule has 2 bridgehead atoms. The second-order valence-corrected chi connectivity index (χ2v) is 7.47.